The molecular weight excluding hydrogens is 380 g/mol. The monoisotopic (exact) mass is 402 g/mol. The molecule has 0 spiro atoms. The van der Waals surface area contributed by atoms with Gasteiger partial charge in [0, 0.05) is 38.9 Å². The molecule has 1 fully saturated rings. The van der Waals surface area contributed by atoms with Gasteiger partial charge in [-0.1, -0.05) is 17.7 Å². The summed E-state index contributed by atoms with van der Waals surface area (Å²) in [4.78, 5) is 21.2. The van der Waals surface area contributed by atoms with Gasteiger partial charge in [0.25, 0.3) is 0 Å². The predicted octanol–water partition coefficient (Wildman–Crippen LogP) is 2.61. The second-order valence-corrected chi connectivity index (χ2v) is 7.46. The number of nitrogens with one attached hydrogen (secondary N) is 1. The van der Waals surface area contributed by atoms with E-state index in [1.54, 1.807) is 12.1 Å². The summed E-state index contributed by atoms with van der Waals surface area (Å²) in [5, 5.41) is 3.40. The molecule has 8 heteroatoms. The van der Waals surface area contributed by atoms with Gasteiger partial charge in [0.05, 0.1) is 11.1 Å². The molecule has 28 heavy (non-hydrogen) atoms. The van der Waals surface area contributed by atoms with E-state index in [1.807, 2.05) is 19.1 Å². The lowest BCUT2D eigenvalue weighted by Gasteiger charge is -2.37. The number of benzene rings is 1. The summed E-state index contributed by atoms with van der Waals surface area (Å²) < 4.78 is 10.8. The molecular formula is C20H23ClN4O3. The summed E-state index contributed by atoms with van der Waals surface area (Å²) in [5.74, 6) is 2.09. The van der Waals surface area contributed by atoms with Crippen molar-refractivity contribution in [1.82, 2.24) is 14.8 Å². The molecule has 1 aromatic carbocycles. The Balaban J connectivity index is 1.27. The third-order valence-electron chi connectivity index (χ3n) is 5.16. The number of piperazine rings is 1. The number of anilines is 1. The van der Waals surface area contributed by atoms with Crippen molar-refractivity contribution in [1.29, 1.82) is 0 Å². The van der Waals surface area contributed by atoms with E-state index in [2.05, 4.69) is 26.2 Å². The number of carbonyl (C=O) groups excluding carboxylic acids is 1. The summed E-state index contributed by atoms with van der Waals surface area (Å²) in [6.07, 6.45) is 1.52. The molecule has 2 aromatic rings. The first-order chi connectivity index (χ1) is 13.6. The van der Waals surface area contributed by atoms with Crippen molar-refractivity contribution < 1.29 is 14.3 Å². The highest BCUT2D eigenvalue weighted by molar-refractivity contribution is 6.30. The van der Waals surface area contributed by atoms with Gasteiger partial charge in [-0.3, -0.25) is 14.6 Å². The molecule has 1 N–H and O–H groups in total. The largest absolute Gasteiger partial charge is 0.454 e. The van der Waals surface area contributed by atoms with Crippen molar-refractivity contribution in [3.8, 4) is 11.5 Å². The quantitative estimate of drug-likeness (QED) is 0.829. The topological polar surface area (TPSA) is 66.9 Å². The van der Waals surface area contributed by atoms with Crippen molar-refractivity contribution in [2.24, 2.45) is 0 Å². The first-order valence-electron chi connectivity index (χ1n) is 9.36. The van der Waals surface area contributed by atoms with Crippen LogP contribution < -0.4 is 14.8 Å². The molecule has 0 saturated carbocycles. The lowest BCUT2D eigenvalue weighted by Crippen LogP contribution is -2.52. The number of hydrogen-bond donors (Lipinski definition) is 1. The van der Waals surface area contributed by atoms with E-state index < -0.39 is 0 Å². The van der Waals surface area contributed by atoms with Crippen LogP contribution in [0.4, 0.5) is 5.82 Å². The average molecular weight is 403 g/mol. The van der Waals surface area contributed by atoms with E-state index in [4.69, 9.17) is 21.1 Å². The zero-order chi connectivity index (χ0) is 19.5. The fourth-order valence-corrected chi connectivity index (χ4v) is 3.56. The molecule has 1 unspecified atom stereocenters. The first kappa shape index (κ1) is 19.0. The molecule has 1 saturated heterocycles. The van der Waals surface area contributed by atoms with E-state index in [-0.39, 0.29) is 11.9 Å². The molecule has 2 aliphatic heterocycles. The highest BCUT2D eigenvalue weighted by atomic mass is 35.5. The van der Waals surface area contributed by atoms with Crippen LogP contribution in [0.2, 0.25) is 5.02 Å². The normalized spacial score (nSPS) is 18.1. The van der Waals surface area contributed by atoms with Crippen LogP contribution >= 0.6 is 11.6 Å². The molecule has 0 aliphatic carbocycles. The SMILES string of the molecule is CC(C(=O)Nc1ccc(Cl)cn1)N1CCN(Cc2ccc3c(c2)OCO3)CC1. The van der Waals surface area contributed by atoms with Crippen molar-refractivity contribution in [2.75, 3.05) is 38.3 Å². The third-order valence-corrected chi connectivity index (χ3v) is 5.38. The Bertz CT molecular complexity index is 838. The number of aromatic nitrogens is 1. The smallest absolute Gasteiger partial charge is 0.242 e. The summed E-state index contributed by atoms with van der Waals surface area (Å²) >= 11 is 5.83. The van der Waals surface area contributed by atoms with Crippen LogP contribution in [-0.2, 0) is 11.3 Å². The molecule has 4 rings (SSSR count). The second kappa shape index (κ2) is 8.34. The number of fused-ring (bicyclic) bond motifs is 1. The number of nitrogens with zero attached hydrogens (tertiary/aromatic N) is 3. The lowest BCUT2D eigenvalue weighted by molar-refractivity contribution is -0.121. The maximum absolute atomic E-state index is 12.5. The number of ether oxygens (including phenoxy) is 2. The molecule has 2 aliphatic rings. The van der Waals surface area contributed by atoms with Crippen LogP contribution in [0.3, 0.4) is 0 Å². The van der Waals surface area contributed by atoms with Gasteiger partial charge in [0.1, 0.15) is 5.82 Å². The van der Waals surface area contributed by atoms with E-state index in [0.717, 1.165) is 44.2 Å². The fraction of sp³-hybridized carbons (Fsp3) is 0.400. The Morgan fingerprint density at radius 2 is 1.96 bits per heavy atom. The fourth-order valence-electron chi connectivity index (χ4n) is 3.45. The molecule has 7 nitrogen and oxygen atoms in total. The van der Waals surface area contributed by atoms with Gasteiger partial charge in [-0.25, -0.2) is 4.98 Å². The van der Waals surface area contributed by atoms with E-state index >= 15 is 0 Å². The van der Waals surface area contributed by atoms with Gasteiger partial charge in [0.2, 0.25) is 12.7 Å². The minimum Gasteiger partial charge on any atom is -0.454 e. The van der Waals surface area contributed by atoms with Crippen molar-refractivity contribution in [3.05, 3.63) is 47.1 Å². The molecule has 1 atom stereocenters. The molecule has 1 amide bonds. The number of amides is 1. The van der Waals surface area contributed by atoms with E-state index in [1.165, 1.54) is 11.8 Å². The Labute approximate surface area is 169 Å². The van der Waals surface area contributed by atoms with Gasteiger partial charge < -0.3 is 14.8 Å². The third kappa shape index (κ3) is 4.38. The summed E-state index contributed by atoms with van der Waals surface area (Å²) in [6.45, 7) is 6.58. The minimum atomic E-state index is -0.217. The van der Waals surface area contributed by atoms with Crippen molar-refractivity contribution in [3.63, 3.8) is 0 Å². The maximum atomic E-state index is 12.5. The second-order valence-electron chi connectivity index (χ2n) is 7.03. The molecule has 0 radical (unpaired) electrons. The van der Waals surface area contributed by atoms with Crippen LogP contribution in [0.1, 0.15) is 12.5 Å². The van der Waals surface area contributed by atoms with Crippen LogP contribution in [0, 0.1) is 0 Å². The van der Waals surface area contributed by atoms with Gasteiger partial charge in [0.15, 0.2) is 11.5 Å². The zero-order valence-corrected chi connectivity index (χ0v) is 16.5. The number of carbonyl (C=O) groups is 1. The Kier molecular flexibility index (Phi) is 5.66. The molecule has 0 bridgehead atoms. The Morgan fingerprint density at radius 1 is 1.18 bits per heavy atom. The van der Waals surface area contributed by atoms with Gasteiger partial charge in [-0.05, 0) is 36.8 Å². The Morgan fingerprint density at radius 3 is 2.71 bits per heavy atom. The standard InChI is InChI=1S/C20H23ClN4O3/c1-14(20(26)23-19-5-3-16(21)11-22-19)25-8-6-24(7-9-25)12-15-2-4-17-18(10-15)28-13-27-17/h2-5,10-11,14H,6-9,12-13H2,1H3,(H,22,23,26). The summed E-state index contributed by atoms with van der Waals surface area (Å²) in [5.41, 5.74) is 1.21. The zero-order valence-electron chi connectivity index (χ0n) is 15.7. The van der Waals surface area contributed by atoms with Crippen LogP contribution in [0.5, 0.6) is 11.5 Å². The number of hydrogen-bond acceptors (Lipinski definition) is 6. The van der Waals surface area contributed by atoms with E-state index in [0.29, 0.717) is 17.6 Å². The highest BCUT2D eigenvalue weighted by Crippen LogP contribution is 2.32. The van der Waals surface area contributed by atoms with Crippen LogP contribution in [0.15, 0.2) is 36.5 Å². The number of pyridine rings is 1. The van der Waals surface area contributed by atoms with Crippen molar-refractivity contribution in [2.45, 2.75) is 19.5 Å². The van der Waals surface area contributed by atoms with Crippen LogP contribution in [-0.4, -0.2) is 59.7 Å². The Hall–Kier alpha value is -2.35. The predicted molar refractivity (Wildman–Crippen MR) is 107 cm³/mol. The molecule has 1 aromatic heterocycles. The number of halogens is 1. The molecule has 3 heterocycles. The lowest BCUT2D eigenvalue weighted by atomic mass is 10.1. The van der Waals surface area contributed by atoms with Gasteiger partial charge in [-0.2, -0.15) is 0 Å². The molecule has 148 valence electrons. The van der Waals surface area contributed by atoms with Gasteiger partial charge >= 0.3 is 0 Å². The average Bonchev–Trinajstić information content (AvgIpc) is 3.17. The van der Waals surface area contributed by atoms with Crippen molar-refractivity contribution >= 4 is 23.3 Å². The van der Waals surface area contributed by atoms with Gasteiger partial charge in [-0.15, -0.1) is 0 Å². The minimum absolute atomic E-state index is 0.0564. The summed E-state index contributed by atoms with van der Waals surface area (Å²) in [7, 11) is 0. The van der Waals surface area contributed by atoms with E-state index in [9.17, 15) is 4.79 Å². The van der Waals surface area contributed by atoms with Crippen LogP contribution in [0.25, 0.3) is 0 Å². The number of rotatable bonds is 5. The first-order valence-corrected chi connectivity index (χ1v) is 9.73. The highest BCUT2D eigenvalue weighted by Gasteiger charge is 2.26. The maximum Gasteiger partial charge on any atom is 0.242 e. The summed E-state index contributed by atoms with van der Waals surface area (Å²) in [6, 6.07) is 9.29.